The fourth-order valence-corrected chi connectivity index (χ4v) is 2.34. The van der Waals surface area contributed by atoms with E-state index in [1.54, 1.807) is 0 Å². The van der Waals surface area contributed by atoms with E-state index in [9.17, 15) is 18.0 Å². The second-order valence-corrected chi connectivity index (χ2v) is 6.23. The van der Waals surface area contributed by atoms with E-state index >= 15 is 0 Å². The number of hydrogen-bond acceptors (Lipinski definition) is 7. The Morgan fingerprint density at radius 3 is 2.05 bits per heavy atom. The van der Waals surface area contributed by atoms with Crippen molar-refractivity contribution in [2.45, 2.75) is 6.92 Å². The number of rotatable bonds is 7. The molecule has 9 heteroatoms. The predicted molar refractivity (Wildman–Crippen MR) is 70.9 cm³/mol. The van der Waals surface area contributed by atoms with Crippen LogP contribution in [0.3, 0.4) is 0 Å². The average molecular weight is 308 g/mol. The van der Waals surface area contributed by atoms with Crippen LogP contribution in [0.4, 0.5) is 0 Å². The normalized spacial score (nSPS) is 17.9. The highest BCUT2D eigenvalue weighted by Crippen LogP contribution is 2.02. The van der Waals surface area contributed by atoms with Crippen LogP contribution < -0.4 is 0 Å². The lowest BCUT2D eigenvalue weighted by Crippen LogP contribution is -2.48. The maximum absolute atomic E-state index is 10.9. The van der Waals surface area contributed by atoms with Crippen LogP contribution in [0.2, 0.25) is 0 Å². The maximum Gasteiger partial charge on any atom is 0.374 e. The van der Waals surface area contributed by atoms with Crippen LogP contribution in [0.25, 0.3) is 0 Å². The molecule has 1 heterocycles. The van der Waals surface area contributed by atoms with Crippen LogP contribution in [-0.2, 0) is 24.4 Å². The molecule has 0 aromatic rings. The average Bonchev–Trinajstić information content (AvgIpc) is 2.36. The summed E-state index contributed by atoms with van der Waals surface area (Å²) in [4.78, 5) is 25.6. The van der Waals surface area contributed by atoms with Crippen molar-refractivity contribution in [1.82, 2.24) is 9.80 Å². The van der Waals surface area contributed by atoms with Gasteiger partial charge in [-0.25, -0.2) is 4.79 Å². The molecule has 0 aliphatic carbocycles. The van der Waals surface area contributed by atoms with Gasteiger partial charge in [-0.15, -0.1) is 0 Å². The number of Topliss-reactive ketones (excluding diaryl/α,β-unsaturated/α-hetero) is 1. The third-order valence-corrected chi connectivity index (χ3v) is 3.76. The predicted octanol–water partition coefficient (Wildman–Crippen LogP) is -1.38. The van der Waals surface area contributed by atoms with Crippen LogP contribution >= 0.6 is 0 Å². The third kappa shape index (κ3) is 6.94. The Bertz CT molecular complexity index is 442. The molecule has 0 aromatic carbocycles. The summed E-state index contributed by atoms with van der Waals surface area (Å²) in [7, 11) is -3.91. The third-order valence-electron chi connectivity index (χ3n) is 3.06. The van der Waals surface area contributed by atoms with Gasteiger partial charge < -0.3 is 4.74 Å². The number of ether oxygens (including phenoxy) is 1. The number of piperazine rings is 1. The Hall–Kier alpha value is -1.03. The van der Waals surface area contributed by atoms with Crippen molar-refractivity contribution in [2.75, 3.05) is 51.6 Å². The quantitative estimate of drug-likeness (QED) is 0.349. The summed E-state index contributed by atoms with van der Waals surface area (Å²) >= 11 is 0. The van der Waals surface area contributed by atoms with E-state index in [-0.39, 0.29) is 12.4 Å². The summed E-state index contributed by atoms with van der Waals surface area (Å²) in [5.41, 5.74) is 0. The first kappa shape index (κ1) is 17.0. The fourth-order valence-electron chi connectivity index (χ4n) is 1.85. The molecule has 20 heavy (non-hydrogen) atoms. The molecule has 0 radical (unpaired) electrons. The van der Waals surface area contributed by atoms with Crippen LogP contribution in [0.15, 0.2) is 0 Å². The lowest BCUT2D eigenvalue weighted by atomic mass is 10.3. The SMILES string of the molecule is CC(=O)C(=O)OCCN1CCN(CCS(=O)(=O)O)CC1. The molecular weight excluding hydrogens is 288 g/mol. The molecular formula is C11H20N2O6S. The molecule has 0 spiro atoms. The number of hydrogen-bond donors (Lipinski definition) is 1. The number of ketones is 1. The van der Waals surface area contributed by atoms with Crippen molar-refractivity contribution in [3.63, 3.8) is 0 Å². The molecule has 1 rings (SSSR count). The van der Waals surface area contributed by atoms with Crippen LogP contribution in [-0.4, -0.2) is 86.2 Å². The van der Waals surface area contributed by atoms with E-state index in [2.05, 4.69) is 4.90 Å². The highest BCUT2D eigenvalue weighted by Gasteiger charge is 2.18. The summed E-state index contributed by atoms with van der Waals surface area (Å²) in [6.45, 7) is 5.02. The summed E-state index contributed by atoms with van der Waals surface area (Å²) < 4.78 is 34.7. The second-order valence-electron chi connectivity index (χ2n) is 4.66. The van der Waals surface area contributed by atoms with Crippen LogP contribution in [0, 0.1) is 0 Å². The molecule has 8 nitrogen and oxygen atoms in total. The van der Waals surface area contributed by atoms with Gasteiger partial charge in [0.2, 0.25) is 5.78 Å². The largest absolute Gasteiger partial charge is 0.459 e. The first-order valence-electron chi connectivity index (χ1n) is 6.35. The van der Waals surface area contributed by atoms with Crippen LogP contribution in [0.1, 0.15) is 6.92 Å². The highest BCUT2D eigenvalue weighted by atomic mass is 32.2. The fraction of sp³-hybridized carbons (Fsp3) is 0.818. The van der Waals surface area contributed by atoms with E-state index in [1.165, 1.54) is 0 Å². The lowest BCUT2D eigenvalue weighted by Gasteiger charge is -2.34. The van der Waals surface area contributed by atoms with Crippen molar-refractivity contribution in [3.8, 4) is 0 Å². The highest BCUT2D eigenvalue weighted by molar-refractivity contribution is 7.85. The second kappa shape index (κ2) is 7.67. The molecule has 1 saturated heterocycles. The zero-order chi connectivity index (χ0) is 15.2. The van der Waals surface area contributed by atoms with Crippen LogP contribution in [0.5, 0.6) is 0 Å². The summed E-state index contributed by atoms with van der Waals surface area (Å²) in [6, 6.07) is 0. The summed E-state index contributed by atoms with van der Waals surface area (Å²) in [6.07, 6.45) is 0. The van der Waals surface area contributed by atoms with Crippen molar-refractivity contribution in [1.29, 1.82) is 0 Å². The minimum absolute atomic E-state index is 0.170. The molecule has 0 unspecified atom stereocenters. The monoisotopic (exact) mass is 308 g/mol. The van der Waals surface area contributed by atoms with Gasteiger partial charge in [0.15, 0.2) is 0 Å². The summed E-state index contributed by atoms with van der Waals surface area (Å²) in [5, 5.41) is 0. The molecule has 0 amide bonds. The molecule has 0 bridgehead atoms. The van der Waals surface area contributed by atoms with E-state index < -0.39 is 21.9 Å². The molecule has 0 aromatic heterocycles. The van der Waals surface area contributed by atoms with E-state index in [0.29, 0.717) is 26.2 Å². The first-order valence-corrected chi connectivity index (χ1v) is 7.96. The van der Waals surface area contributed by atoms with Gasteiger partial charge in [-0.3, -0.25) is 19.1 Å². The van der Waals surface area contributed by atoms with Crippen molar-refractivity contribution >= 4 is 21.9 Å². The Morgan fingerprint density at radius 1 is 1.10 bits per heavy atom. The van der Waals surface area contributed by atoms with E-state index in [1.807, 2.05) is 4.90 Å². The Kier molecular flexibility index (Phi) is 6.53. The Balaban J connectivity index is 2.16. The minimum Gasteiger partial charge on any atom is -0.459 e. The maximum atomic E-state index is 10.9. The van der Waals surface area contributed by atoms with Crippen molar-refractivity contribution < 1.29 is 27.3 Å². The van der Waals surface area contributed by atoms with Gasteiger partial charge in [-0.1, -0.05) is 0 Å². The molecule has 1 aliphatic heterocycles. The topological polar surface area (TPSA) is 104 Å². The number of nitrogens with zero attached hydrogens (tertiary/aromatic N) is 2. The standard InChI is InChI=1S/C11H20N2O6S/c1-10(14)11(15)19-8-6-12-2-4-13(5-3-12)7-9-20(16,17)18/h2-9H2,1H3,(H,16,17,18). The number of carbonyl (C=O) groups is 2. The zero-order valence-electron chi connectivity index (χ0n) is 11.4. The van der Waals surface area contributed by atoms with Gasteiger partial charge in [0.1, 0.15) is 6.61 Å². The summed E-state index contributed by atoms with van der Waals surface area (Å²) in [5.74, 6) is -1.69. The molecule has 1 aliphatic rings. The molecule has 1 N–H and O–H groups in total. The molecule has 1 fully saturated rings. The smallest absolute Gasteiger partial charge is 0.374 e. The van der Waals surface area contributed by atoms with Gasteiger partial charge in [-0.05, 0) is 0 Å². The van der Waals surface area contributed by atoms with E-state index in [0.717, 1.165) is 20.0 Å². The Morgan fingerprint density at radius 2 is 1.60 bits per heavy atom. The van der Waals surface area contributed by atoms with Gasteiger partial charge in [0.05, 0.1) is 5.75 Å². The van der Waals surface area contributed by atoms with Gasteiger partial charge >= 0.3 is 5.97 Å². The number of carbonyl (C=O) groups excluding carboxylic acids is 2. The van der Waals surface area contributed by atoms with Gasteiger partial charge in [-0.2, -0.15) is 8.42 Å². The molecule has 0 atom stereocenters. The van der Waals surface area contributed by atoms with Gasteiger partial charge in [0.25, 0.3) is 10.1 Å². The molecule has 0 saturated carbocycles. The minimum atomic E-state index is -3.91. The van der Waals surface area contributed by atoms with Gasteiger partial charge in [0, 0.05) is 46.2 Å². The number of esters is 1. The van der Waals surface area contributed by atoms with E-state index in [4.69, 9.17) is 9.29 Å². The van der Waals surface area contributed by atoms with Crippen molar-refractivity contribution in [2.24, 2.45) is 0 Å². The first-order chi connectivity index (χ1) is 9.28. The lowest BCUT2D eigenvalue weighted by molar-refractivity contribution is -0.153. The Labute approximate surface area is 118 Å². The molecule has 116 valence electrons. The van der Waals surface area contributed by atoms with Crippen molar-refractivity contribution in [3.05, 3.63) is 0 Å². The zero-order valence-corrected chi connectivity index (χ0v) is 12.3.